The molecule has 0 bridgehead atoms. The van der Waals surface area contributed by atoms with E-state index in [1.54, 1.807) is 18.2 Å². The summed E-state index contributed by atoms with van der Waals surface area (Å²) >= 11 is 3.42. The van der Waals surface area contributed by atoms with Gasteiger partial charge in [-0.05, 0) is 64.2 Å². The lowest BCUT2D eigenvalue weighted by Crippen LogP contribution is -2.09. The number of rotatable bonds is 6. The highest BCUT2D eigenvalue weighted by atomic mass is 79.9. The van der Waals surface area contributed by atoms with Crippen molar-refractivity contribution in [3.05, 3.63) is 58.1 Å². The molecular weight excluding hydrogens is 356 g/mol. The van der Waals surface area contributed by atoms with Crippen LogP contribution in [0.4, 0.5) is 0 Å². The van der Waals surface area contributed by atoms with E-state index in [0.29, 0.717) is 23.8 Å². The van der Waals surface area contributed by atoms with Gasteiger partial charge in [-0.2, -0.15) is 0 Å². The minimum absolute atomic E-state index is 0.384. The predicted molar refractivity (Wildman–Crippen MR) is 95.4 cm³/mol. The second kappa shape index (κ2) is 8.16. The molecule has 0 aliphatic heterocycles. The normalized spacial score (nSPS) is 10.7. The van der Waals surface area contributed by atoms with Crippen molar-refractivity contribution in [2.24, 2.45) is 0 Å². The summed E-state index contributed by atoms with van der Waals surface area (Å²) in [6.07, 6.45) is 0.933. The predicted octanol–water partition coefficient (Wildman–Crippen LogP) is 5.58. The second-order valence-electron chi connectivity index (χ2n) is 5.61. The van der Waals surface area contributed by atoms with Crippen LogP contribution in [-0.2, 0) is 0 Å². The lowest BCUT2D eigenvalue weighted by Gasteiger charge is -2.10. The Kier molecular flexibility index (Phi) is 6.22. The van der Waals surface area contributed by atoms with Gasteiger partial charge >= 0.3 is 5.97 Å². The molecule has 0 saturated heterocycles. The molecule has 23 heavy (non-hydrogen) atoms. The molecule has 0 fully saturated rings. The van der Waals surface area contributed by atoms with Gasteiger partial charge in [-0.1, -0.05) is 32.9 Å². The number of halogens is 1. The molecule has 0 aliphatic carbocycles. The fourth-order valence-electron chi connectivity index (χ4n) is 2.04. The third-order valence-corrected chi connectivity index (χ3v) is 4.01. The first kappa shape index (κ1) is 17.5. The van der Waals surface area contributed by atoms with Crippen molar-refractivity contribution in [1.29, 1.82) is 0 Å². The summed E-state index contributed by atoms with van der Waals surface area (Å²) in [5.41, 5.74) is 1.69. The lowest BCUT2D eigenvalue weighted by atomic mass is 10.0. The molecule has 0 N–H and O–H groups in total. The van der Waals surface area contributed by atoms with Crippen LogP contribution in [0.25, 0.3) is 0 Å². The van der Waals surface area contributed by atoms with Gasteiger partial charge in [-0.15, -0.1) is 0 Å². The van der Waals surface area contributed by atoms with E-state index in [-0.39, 0.29) is 5.97 Å². The summed E-state index contributed by atoms with van der Waals surface area (Å²) in [7, 11) is 0. The fraction of sp³-hybridized carbons (Fsp3) is 0.316. The zero-order chi connectivity index (χ0) is 16.8. The van der Waals surface area contributed by atoms with Crippen molar-refractivity contribution in [2.45, 2.75) is 33.1 Å². The molecule has 4 heteroatoms. The van der Waals surface area contributed by atoms with Crippen LogP contribution in [0, 0.1) is 0 Å². The lowest BCUT2D eigenvalue weighted by molar-refractivity contribution is 0.0734. The van der Waals surface area contributed by atoms with Crippen molar-refractivity contribution in [3.8, 4) is 11.5 Å². The van der Waals surface area contributed by atoms with E-state index in [1.807, 2.05) is 31.2 Å². The number of ether oxygens (including phenoxy) is 2. The van der Waals surface area contributed by atoms with Gasteiger partial charge in [0.15, 0.2) is 0 Å². The highest BCUT2D eigenvalue weighted by Crippen LogP contribution is 2.27. The SMILES string of the molecule is CCCOc1ccc(C(=O)Oc2ccc(C(C)C)cc2)cc1Br. The number of hydrogen-bond donors (Lipinski definition) is 0. The highest BCUT2D eigenvalue weighted by Gasteiger charge is 2.12. The van der Waals surface area contributed by atoms with Gasteiger partial charge in [0, 0.05) is 0 Å². The van der Waals surface area contributed by atoms with E-state index in [1.165, 1.54) is 5.56 Å². The van der Waals surface area contributed by atoms with Gasteiger partial charge in [0.2, 0.25) is 0 Å². The van der Waals surface area contributed by atoms with Crippen LogP contribution in [0.2, 0.25) is 0 Å². The quantitative estimate of drug-likeness (QED) is 0.487. The maximum absolute atomic E-state index is 12.2. The Morgan fingerprint density at radius 1 is 1.13 bits per heavy atom. The molecule has 3 nitrogen and oxygen atoms in total. The maximum atomic E-state index is 12.2. The molecule has 2 aromatic carbocycles. The van der Waals surface area contributed by atoms with E-state index >= 15 is 0 Å². The molecule has 0 aliphatic rings. The Balaban J connectivity index is 2.06. The van der Waals surface area contributed by atoms with E-state index in [0.717, 1.165) is 16.6 Å². The Hall–Kier alpha value is -1.81. The molecule has 2 rings (SSSR count). The van der Waals surface area contributed by atoms with E-state index in [2.05, 4.69) is 29.8 Å². The summed E-state index contributed by atoms with van der Waals surface area (Å²) in [4.78, 5) is 12.2. The van der Waals surface area contributed by atoms with Gasteiger partial charge in [-0.3, -0.25) is 0 Å². The molecule has 122 valence electrons. The first-order valence-electron chi connectivity index (χ1n) is 7.75. The molecular formula is C19H21BrO3. The summed E-state index contributed by atoms with van der Waals surface area (Å²) in [6.45, 7) is 6.94. The van der Waals surface area contributed by atoms with Crippen LogP contribution < -0.4 is 9.47 Å². The molecule has 0 atom stereocenters. The smallest absolute Gasteiger partial charge is 0.343 e. The first-order valence-corrected chi connectivity index (χ1v) is 8.55. The highest BCUT2D eigenvalue weighted by molar-refractivity contribution is 9.10. The topological polar surface area (TPSA) is 35.5 Å². The zero-order valence-electron chi connectivity index (χ0n) is 13.6. The standard InChI is InChI=1S/C19H21BrO3/c1-4-11-22-18-10-7-15(12-17(18)20)19(21)23-16-8-5-14(6-9-16)13(2)3/h5-10,12-13H,4,11H2,1-3H3. The number of hydrogen-bond acceptors (Lipinski definition) is 3. The van der Waals surface area contributed by atoms with Crippen LogP contribution >= 0.6 is 15.9 Å². The van der Waals surface area contributed by atoms with E-state index < -0.39 is 0 Å². The van der Waals surface area contributed by atoms with Gasteiger partial charge < -0.3 is 9.47 Å². The Labute approximate surface area is 145 Å². The van der Waals surface area contributed by atoms with Crippen LogP contribution in [0.5, 0.6) is 11.5 Å². The van der Waals surface area contributed by atoms with Gasteiger partial charge in [0.1, 0.15) is 11.5 Å². The molecule has 0 radical (unpaired) electrons. The van der Waals surface area contributed by atoms with Crippen LogP contribution in [0.3, 0.4) is 0 Å². The monoisotopic (exact) mass is 376 g/mol. The van der Waals surface area contributed by atoms with Crippen molar-refractivity contribution in [2.75, 3.05) is 6.61 Å². The minimum Gasteiger partial charge on any atom is -0.492 e. The van der Waals surface area contributed by atoms with Crippen LogP contribution in [0.15, 0.2) is 46.9 Å². The summed E-state index contributed by atoms with van der Waals surface area (Å²) in [6, 6.07) is 12.8. The third-order valence-electron chi connectivity index (χ3n) is 3.39. The summed E-state index contributed by atoms with van der Waals surface area (Å²) in [5, 5.41) is 0. The van der Waals surface area contributed by atoms with Crippen molar-refractivity contribution in [3.63, 3.8) is 0 Å². The average molecular weight is 377 g/mol. The van der Waals surface area contributed by atoms with Crippen LogP contribution in [0.1, 0.15) is 49.0 Å². The Bertz CT molecular complexity index is 663. The fourth-order valence-corrected chi connectivity index (χ4v) is 2.54. The summed E-state index contributed by atoms with van der Waals surface area (Å²) in [5.74, 6) is 1.34. The molecule has 0 saturated carbocycles. The molecule has 0 amide bonds. The molecule has 0 unspecified atom stereocenters. The minimum atomic E-state index is -0.384. The molecule has 0 heterocycles. The third kappa shape index (κ3) is 4.83. The maximum Gasteiger partial charge on any atom is 0.343 e. The van der Waals surface area contributed by atoms with Crippen LogP contribution in [-0.4, -0.2) is 12.6 Å². The number of esters is 1. The first-order chi connectivity index (χ1) is 11.0. The van der Waals surface area contributed by atoms with Gasteiger partial charge in [-0.25, -0.2) is 4.79 Å². The van der Waals surface area contributed by atoms with Crippen molar-refractivity contribution in [1.82, 2.24) is 0 Å². The molecule has 0 aromatic heterocycles. The van der Waals surface area contributed by atoms with E-state index in [4.69, 9.17) is 9.47 Å². The van der Waals surface area contributed by atoms with E-state index in [9.17, 15) is 4.79 Å². The van der Waals surface area contributed by atoms with Crippen molar-refractivity contribution < 1.29 is 14.3 Å². The average Bonchev–Trinajstić information content (AvgIpc) is 2.54. The molecule has 0 spiro atoms. The van der Waals surface area contributed by atoms with Crippen molar-refractivity contribution >= 4 is 21.9 Å². The van der Waals surface area contributed by atoms with Gasteiger partial charge in [0.05, 0.1) is 16.6 Å². The number of carbonyl (C=O) groups is 1. The zero-order valence-corrected chi connectivity index (χ0v) is 15.2. The second-order valence-corrected chi connectivity index (χ2v) is 6.46. The van der Waals surface area contributed by atoms with Gasteiger partial charge in [0.25, 0.3) is 0 Å². The largest absolute Gasteiger partial charge is 0.492 e. The summed E-state index contributed by atoms with van der Waals surface area (Å²) < 4.78 is 11.7. The number of benzene rings is 2. The molecule has 2 aromatic rings. The number of carbonyl (C=O) groups excluding carboxylic acids is 1. The Morgan fingerprint density at radius 3 is 2.39 bits per heavy atom. The Morgan fingerprint density at radius 2 is 1.83 bits per heavy atom.